The molecule has 0 fully saturated rings. The van der Waals surface area contributed by atoms with Gasteiger partial charge in [0, 0.05) is 13.2 Å². The van der Waals surface area contributed by atoms with Crippen molar-refractivity contribution in [3.63, 3.8) is 0 Å². The van der Waals surface area contributed by atoms with Crippen LogP contribution in [-0.4, -0.2) is 33.4 Å². The number of H-pyrrole nitrogens is 2. The number of aromatic nitrogens is 2. The molecule has 1 aromatic carbocycles. The SMILES string of the molecule is O=c1[nH]c(=O)c2c(CCO)c3c(=O)[nH]c(=O)c3c(CCO)c12. The van der Waals surface area contributed by atoms with E-state index in [0.29, 0.717) is 0 Å². The monoisotopic (exact) mass is 304 g/mol. The number of hydrogen-bond acceptors (Lipinski definition) is 6. The Morgan fingerprint density at radius 2 is 0.864 bits per heavy atom. The Hall–Kier alpha value is -2.58. The van der Waals surface area contributed by atoms with E-state index in [1.54, 1.807) is 0 Å². The lowest BCUT2D eigenvalue weighted by Crippen LogP contribution is -2.09. The zero-order valence-corrected chi connectivity index (χ0v) is 11.4. The third-order valence-electron chi connectivity index (χ3n) is 3.79. The van der Waals surface area contributed by atoms with Crippen LogP contribution in [0.25, 0.3) is 21.5 Å². The van der Waals surface area contributed by atoms with Gasteiger partial charge in [0.05, 0.1) is 21.5 Å². The van der Waals surface area contributed by atoms with Crippen molar-refractivity contribution in [1.29, 1.82) is 0 Å². The molecule has 0 spiro atoms. The fraction of sp³-hybridized carbons (Fsp3) is 0.286. The van der Waals surface area contributed by atoms with Gasteiger partial charge in [0.15, 0.2) is 0 Å². The maximum atomic E-state index is 12.0. The molecular formula is C14H12N2O6. The maximum Gasteiger partial charge on any atom is 0.259 e. The summed E-state index contributed by atoms with van der Waals surface area (Å²) in [6.07, 6.45) is -0.0725. The lowest BCUT2D eigenvalue weighted by molar-refractivity contribution is 0.299. The number of aromatic amines is 2. The quantitative estimate of drug-likeness (QED) is 0.441. The summed E-state index contributed by atoms with van der Waals surface area (Å²) < 4.78 is 0. The molecule has 0 radical (unpaired) electrons. The van der Waals surface area contributed by atoms with Gasteiger partial charge < -0.3 is 10.2 Å². The molecule has 0 atom stereocenters. The molecule has 0 aliphatic heterocycles. The number of benzene rings is 1. The zero-order chi connectivity index (χ0) is 16.0. The highest BCUT2D eigenvalue weighted by atomic mass is 16.3. The summed E-state index contributed by atoms with van der Waals surface area (Å²) in [6, 6.07) is 0. The van der Waals surface area contributed by atoms with Crippen molar-refractivity contribution in [1.82, 2.24) is 9.97 Å². The predicted molar refractivity (Wildman–Crippen MR) is 79.2 cm³/mol. The molecule has 0 unspecified atom stereocenters. The topological polar surface area (TPSA) is 140 Å². The van der Waals surface area contributed by atoms with E-state index in [-0.39, 0.29) is 58.7 Å². The Morgan fingerprint density at radius 3 is 1.09 bits per heavy atom. The van der Waals surface area contributed by atoms with E-state index in [9.17, 15) is 29.4 Å². The second-order valence-electron chi connectivity index (χ2n) is 4.97. The third-order valence-corrected chi connectivity index (χ3v) is 3.79. The van der Waals surface area contributed by atoms with Gasteiger partial charge in [-0.2, -0.15) is 0 Å². The van der Waals surface area contributed by atoms with Crippen LogP contribution in [0.15, 0.2) is 19.2 Å². The van der Waals surface area contributed by atoms with Gasteiger partial charge in [-0.05, 0) is 24.0 Å². The summed E-state index contributed by atoms with van der Waals surface area (Å²) in [5.41, 5.74) is -2.31. The van der Waals surface area contributed by atoms with Crippen LogP contribution in [0.3, 0.4) is 0 Å². The van der Waals surface area contributed by atoms with Crippen LogP contribution >= 0.6 is 0 Å². The first kappa shape index (κ1) is 14.4. The van der Waals surface area contributed by atoms with Crippen LogP contribution in [0.4, 0.5) is 0 Å². The number of nitrogens with one attached hydrogen (secondary N) is 2. The average molecular weight is 304 g/mol. The van der Waals surface area contributed by atoms with Crippen LogP contribution in [-0.2, 0) is 12.8 Å². The Balaban J connectivity index is 2.74. The first-order valence-corrected chi connectivity index (χ1v) is 6.66. The molecule has 2 aromatic heterocycles. The normalized spacial score (nSPS) is 11.7. The van der Waals surface area contributed by atoms with Gasteiger partial charge in [-0.3, -0.25) is 29.1 Å². The van der Waals surface area contributed by atoms with Gasteiger partial charge >= 0.3 is 0 Å². The summed E-state index contributed by atoms with van der Waals surface area (Å²) in [4.78, 5) is 52.3. The average Bonchev–Trinajstić information content (AvgIpc) is 2.91. The van der Waals surface area contributed by atoms with E-state index in [2.05, 4.69) is 9.97 Å². The highest BCUT2D eigenvalue weighted by Crippen LogP contribution is 2.26. The minimum Gasteiger partial charge on any atom is -0.396 e. The van der Waals surface area contributed by atoms with Crippen molar-refractivity contribution in [3.8, 4) is 0 Å². The van der Waals surface area contributed by atoms with Crippen LogP contribution in [0.2, 0.25) is 0 Å². The van der Waals surface area contributed by atoms with Crippen LogP contribution in [0.5, 0.6) is 0 Å². The molecule has 2 heterocycles. The van der Waals surface area contributed by atoms with Crippen molar-refractivity contribution >= 4 is 21.5 Å². The van der Waals surface area contributed by atoms with Crippen molar-refractivity contribution in [3.05, 3.63) is 52.5 Å². The molecule has 0 aliphatic carbocycles. The highest BCUT2D eigenvalue weighted by Gasteiger charge is 2.24. The molecule has 3 rings (SSSR count). The van der Waals surface area contributed by atoms with Gasteiger partial charge in [0.1, 0.15) is 0 Å². The molecule has 3 aromatic rings. The first-order valence-electron chi connectivity index (χ1n) is 6.66. The molecule has 8 nitrogen and oxygen atoms in total. The summed E-state index contributed by atoms with van der Waals surface area (Å²) in [5, 5.41) is 18.4. The van der Waals surface area contributed by atoms with Crippen molar-refractivity contribution in [2.75, 3.05) is 13.2 Å². The number of aliphatic hydroxyl groups is 2. The Morgan fingerprint density at radius 1 is 0.591 bits per heavy atom. The molecule has 22 heavy (non-hydrogen) atoms. The number of rotatable bonds is 4. The number of aliphatic hydroxyl groups excluding tert-OH is 2. The largest absolute Gasteiger partial charge is 0.396 e. The van der Waals surface area contributed by atoms with Crippen LogP contribution in [0.1, 0.15) is 11.1 Å². The maximum absolute atomic E-state index is 12.0. The van der Waals surface area contributed by atoms with Gasteiger partial charge in [-0.25, -0.2) is 0 Å². The van der Waals surface area contributed by atoms with Crippen molar-refractivity contribution in [2.45, 2.75) is 12.8 Å². The highest BCUT2D eigenvalue weighted by molar-refractivity contribution is 6.05. The van der Waals surface area contributed by atoms with Crippen LogP contribution in [0, 0.1) is 0 Å². The molecule has 4 N–H and O–H groups in total. The zero-order valence-electron chi connectivity index (χ0n) is 11.4. The van der Waals surface area contributed by atoms with E-state index in [1.807, 2.05) is 0 Å². The summed E-state index contributed by atoms with van der Waals surface area (Å²) >= 11 is 0. The second kappa shape index (κ2) is 5.00. The predicted octanol–water partition coefficient (Wildman–Crippen LogP) is -1.96. The van der Waals surface area contributed by atoms with Crippen molar-refractivity contribution in [2.24, 2.45) is 0 Å². The minimum atomic E-state index is -0.669. The van der Waals surface area contributed by atoms with E-state index in [4.69, 9.17) is 0 Å². The summed E-state index contributed by atoms with van der Waals surface area (Å²) in [7, 11) is 0. The van der Waals surface area contributed by atoms with Crippen molar-refractivity contribution < 1.29 is 10.2 Å². The second-order valence-corrected chi connectivity index (χ2v) is 4.97. The molecule has 0 saturated heterocycles. The van der Waals surface area contributed by atoms with Crippen LogP contribution < -0.4 is 22.2 Å². The minimum absolute atomic E-state index is 0.00565. The lowest BCUT2D eigenvalue weighted by Gasteiger charge is -2.07. The smallest absolute Gasteiger partial charge is 0.259 e. The molecule has 0 saturated carbocycles. The van der Waals surface area contributed by atoms with E-state index in [1.165, 1.54) is 0 Å². The molecule has 114 valence electrons. The lowest BCUT2D eigenvalue weighted by atomic mass is 9.93. The van der Waals surface area contributed by atoms with E-state index in [0.717, 1.165) is 0 Å². The number of hydrogen-bond donors (Lipinski definition) is 4. The first-order chi connectivity index (χ1) is 10.5. The molecule has 8 heteroatoms. The summed E-state index contributed by atoms with van der Waals surface area (Å²) in [5.74, 6) is 0. The summed E-state index contributed by atoms with van der Waals surface area (Å²) in [6.45, 7) is -0.692. The van der Waals surface area contributed by atoms with E-state index >= 15 is 0 Å². The van der Waals surface area contributed by atoms with Gasteiger partial charge in [-0.1, -0.05) is 0 Å². The van der Waals surface area contributed by atoms with Gasteiger partial charge in [0.2, 0.25) is 0 Å². The fourth-order valence-electron chi connectivity index (χ4n) is 3.04. The molecular weight excluding hydrogens is 292 g/mol. The standard InChI is InChI=1S/C14H12N2O6/c17-3-1-5-7-9(13(21)15-11(7)19)6(2-4-18)10-8(5)12(20)16-14(10)22/h17-18H,1-4H2,(H,15,19,21)(H,16,20,22). The third kappa shape index (κ3) is 1.78. The fourth-order valence-corrected chi connectivity index (χ4v) is 3.04. The Bertz CT molecular complexity index is 919. The number of fused-ring (bicyclic) bond motifs is 2. The molecule has 0 amide bonds. The van der Waals surface area contributed by atoms with Gasteiger partial charge in [-0.15, -0.1) is 0 Å². The molecule has 0 aliphatic rings. The van der Waals surface area contributed by atoms with E-state index < -0.39 is 22.2 Å². The Kier molecular flexibility index (Phi) is 3.27. The molecule has 0 bridgehead atoms. The van der Waals surface area contributed by atoms with Gasteiger partial charge in [0.25, 0.3) is 22.2 Å². The Labute approximate surface area is 121 Å².